The van der Waals surface area contributed by atoms with Crippen molar-refractivity contribution < 1.29 is 17.9 Å². The third kappa shape index (κ3) is 4.44. The Kier molecular flexibility index (Phi) is 5.88. The summed E-state index contributed by atoms with van der Waals surface area (Å²) in [5, 5.41) is -0.938. The molecule has 3 atom stereocenters. The largest absolute Gasteiger partial charge is 0.372 e. The van der Waals surface area contributed by atoms with Gasteiger partial charge in [0.1, 0.15) is 5.25 Å². The summed E-state index contributed by atoms with van der Waals surface area (Å²) in [6.45, 7) is 6.33. The molecule has 1 aliphatic heterocycles. The number of hydrogen-bond donors (Lipinski definition) is 0. The number of morpholine rings is 1. The van der Waals surface area contributed by atoms with Crippen molar-refractivity contribution in [1.29, 1.82) is 0 Å². The van der Waals surface area contributed by atoms with E-state index in [0.29, 0.717) is 13.1 Å². The number of hydrogen-bond acceptors (Lipinski definition) is 4. The molecule has 22 heavy (non-hydrogen) atoms. The van der Waals surface area contributed by atoms with E-state index in [4.69, 9.17) is 4.74 Å². The summed E-state index contributed by atoms with van der Waals surface area (Å²) < 4.78 is 30.7. The summed E-state index contributed by atoms with van der Waals surface area (Å²) in [4.78, 5) is 14.2. The van der Waals surface area contributed by atoms with E-state index in [0.717, 1.165) is 25.7 Å². The number of ether oxygens (including phenoxy) is 1. The first kappa shape index (κ1) is 17.7. The molecule has 0 aromatic rings. The highest BCUT2D eigenvalue weighted by atomic mass is 32.2. The van der Waals surface area contributed by atoms with Gasteiger partial charge in [-0.05, 0) is 39.5 Å². The molecule has 1 aliphatic carbocycles. The summed E-state index contributed by atoms with van der Waals surface area (Å²) in [5.41, 5.74) is 0. The summed E-state index contributed by atoms with van der Waals surface area (Å²) in [7, 11) is -3.38. The van der Waals surface area contributed by atoms with E-state index in [1.165, 1.54) is 6.42 Å². The molecule has 0 unspecified atom stereocenters. The van der Waals surface area contributed by atoms with Gasteiger partial charge in [-0.1, -0.05) is 19.3 Å². The second-order valence-corrected chi connectivity index (χ2v) is 9.34. The van der Waals surface area contributed by atoms with Crippen LogP contribution in [0.1, 0.15) is 52.9 Å². The molecule has 0 aromatic heterocycles. The van der Waals surface area contributed by atoms with Crippen molar-refractivity contribution in [3.8, 4) is 0 Å². The molecule has 0 N–H and O–H groups in total. The van der Waals surface area contributed by atoms with Crippen LogP contribution < -0.4 is 0 Å². The van der Waals surface area contributed by atoms with Crippen molar-refractivity contribution in [3.05, 3.63) is 0 Å². The molecule has 0 aromatic carbocycles. The van der Waals surface area contributed by atoms with Crippen molar-refractivity contribution in [2.75, 3.05) is 18.8 Å². The first-order chi connectivity index (χ1) is 10.3. The fraction of sp³-hybridized carbons (Fsp3) is 0.938. The Morgan fingerprint density at radius 3 is 2.23 bits per heavy atom. The van der Waals surface area contributed by atoms with Gasteiger partial charge in [-0.3, -0.25) is 4.79 Å². The Morgan fingerprint density at radius 1 is 1.14 bits per heavy atom. The highest BCUT2D eigenvalue weighted by Crippen LogP contribution is 2.26. The van der Waals surface area contributed by atoms with Gasteiger partial charge in [-0.25, -0.2) is 8.42 Å². The van der Waals surface area contributed by atoms with Gasteiger partial charge < -0.3 is 9.64 Å². The molecule has 128 valence electrons. The monoisotopic (exact) mass is 331 g/mol. The molecule has 6 heteroatoms. The minimum absolute atomic E-state index is 0.0408. The van der Waals surface area contributed by atoms with E-state index >= 15 is 0 Å². The Labute approximate surface area is 134 Å². The van der Waals surface area contributed by atoms with Crippen molar-refractivity contribution >= 4 is 15.7 Å². The van der Waals surface area contributed by atoms with E-state index in [2.05, 4.69) is 0 Å². The summed E-state index contributed by atoms with van der Waals surface area (Å²) in [5.74, 6) is 0.129. The molecule has 0 radical (unpaired) electrons. The van der Waals surface area contributed by atoms with E-state index < -0.39 is 15.1 Å². The lowest BCUT2D eigenvalue weighted by molar-refractivity contribution is -0.142. The quantitative estimate of drug-likeness (QED) is 0.790. The first-order valence-electron chi connectivity index (χ1n) is 8.45. The van der Waals surface area contributed by atoms with Gasteiger partial charge in [-0.15, -0.1) is 0 Å². The van der Waals surface area contributed by atoms with Gasteiger partial charge in [0.25, 0.3) is 0 Å². The van der Waals surface area contributed by atoms with Gasteiger partial charge in [0.05, 0.1) is 18.0 Å². The second-order valence-electron chi connectivity index (χ2n) is 6.98. The second kappa shape index (κ2) is 7.30. The summed E-state index contributed by atoms with van der Waals surface area (Å²) in [6.07, 6.45) is 5.30. The summed E-state index contributed by atoms with van der Waals surface area (Å²) >= 11 is 0. The zero-order chi connectivity index (χ0) is 16.3. The predicted octanol–water partition coefficient (Wildman–Crippen LogP) is 2.01. The molecule has 2 fully saturated rings. The van der Waals surface area contributed by atoms with Gasteiger partial charge in [0.2, 0.25) is 5.91 Å². The van der Waals surface area contributed by atoms with Crippen LogP contribution in [0.2, 0.25) is 0 Å². The molecule has 2 aliphatic rings. The van der Waals surface area contributed by atoms with Gasteiger partial charge >= 0.3 is 0 Å². The maximum atomic E-state index is 12.6. The van der Waals surface area contributed by atoms with Crippen molar-refractivity contribution in [3.63, 3.8) is 0 Å². The SMILES string of the molecule is C[C@@H]1CN(C(=O)[C@@H](C)S(=O)(=O)CC2CCCCC2)C[C@@H](C)O1. The minimum Gasteiger partial charge on any atom is -0.372 e. The summed E-state index contributed by atoms with van der Waals surface area (Å²) in [6, 6.07) is 0. The Bertz CT molecular complexity index is 474. The van der Waals surface area contributed by atoms with Gasteiger partial charge in [0, 0.05) is 13.1 Å². The average molecular weight is 331 g/mol. The van der Waals surface area contributed by atoms with Crippen molar-refractivity contribution in [2.45, 2.75) is 70.3 Å². The third-order valence-corrected chi connectivity index (χ3v) is 7.03. The molecular weight excluding hydrogens is 302 g/mol. The van der Waals surface area contributed by atoms with Crippen LogP contribution in [0.5, 0.6) is 0 Å². The van der Waals surface area contributed by atoms with E-state index in [1.807, 2.05) is 13.8 Å². The number of rotatable bonds is 4. The third-order valence-electron chi connectivity index (χ3n) is 4.81. The van der Waals surface area contributed by atoms with Crippen LogP contribution in [0, 0.1) is 5.92 Å². The lowest BCUT2D eigenvalue weighted by Gasteiger charge is -2.36. The zero-order valence-corrected chi connectivity index (χ0v) is 14.8. The van der Waals surface area contributed by atoms with E-state index in [9.17, 15) is 13.2 Å². The molecule has 0 bridgehead atoms. The minimum atomic E-state index is -3.38. The molecule has 1 heterocycles. The van der Waals surface area contributed by atoms with Crippen LogP contribution in [0.25, 0.3) is 0 Å². The Morgan fingerprint density at radius 2 is 1.68 bits per heavy atom. The smallest absolute Gasteiger partial charge is 0.240 e. The lowest BCUT2D eigenvalue weighted by atomic mass is 9.91. The maximum Gasteiger partial charge on any atom is 0.240 e. The van der Waals surface area contributed by atoms with Crippen molar-refractivity contribution in [1.82, 2.24) is 4.90 Å². The molecule has 1 saturated heterocycles. The molecule has 1 saturated carbocycles. The van der Waals surface area contributed by atoms with Gasteiger partial charge in [-0.2, -0.15) is 0 Å². The van der Waals surface area contributed by atoms with E-state index in [-0.39, 0.29) is 29.8 Å². The van der Waals surface area contributed by atoms with E-state index in [1.54, 1.807) is 11.8 Å². The first-order valence-corrected chi connectivity index (χ1v) is 10.2. The molecular formula is C16H29NO4S. The number of amides is 1. The highest BCUT2D eigenvalue weighted by molar-refractivity contribution is 7.92. The predicted molar refractivity (Wildman–Crippen MR) is 86.4 cm³/mol. The average Bonchev–Trinajstić information content (AvgIpc) is 2.45. The maximum absolute atomic E-state index is 12.6. The van der Waals surface area contributed by atoms with Crippen LogP contribution in [0.15, 0.2) is 0 Å². The zero-order valence-electron chi connectivity index (χ0n) is 14.0. The molecule has 1 amide bonds. The van der Waals surface area contributed by atoms with Crippen LogP contribution in [-0.4, -0.2) is 55.5 Å². The van der Waals surface area contributed by atoms with Crippen molar-refractivity contribution in [2.24, 2.45) is 5.92 Å². The standard InChI is InChI=1S/C16H29NO4S/c1-12-9-17(10-13(2)21-12)16(18)14(3)22(19,20)11-15-7-5-4-6-8-15/h12-15H,4-11H2,1-3H3/t12-,13-,14-/m1/s1. The highest BCUT2D eigenvalue weighted by Gasteiger charge is 2.36. The van der Waals surface area contributed by atoms with Crippen LogP contribution >= 0.6 is 0 Å². The Balaban J connectivity index is 1.98. The topological polar surface area (TPSA) is 63.7 Å². The Hall–Kier alpha value is -0.620. The number of sulfone groups is 1. The molecule has 0 spiro atoms. The number of nitrogens with zero attached hydrogens (tertiary/aromatic N) is 1. The lowest BCUT2D eigenvalue weighted by Crippen LogP contribution is -2.52. The number of carbonyl (C=O) groups is 1. The molecule has 5 nitrogen and oxygen atoms in total. The number of carbonyl (C=O) groups excluding carboxylic acids is 1. The van der Waals surface area contributed by atoms with Crippen LogP contribution in [-0.2, 0) is 19.4 Å². The van der Waals surface area contributed by atoms with Crippen LogP contribution in [0.3, 0.4) is 0 Å². The van der Waals surface area contributed by atoms with Crippen LogP contribution in [0.4, 0.5) is 0 Å². The normalized spacial score (nSPS) is 29.3. The molecule has 2 rings (SSSR count). The fourth-order valence-corrected chi connectivity index (χ4v) is 5.33. The van der Waals surface area contributed by atoms with Gasteiger partial charge in [0.15, 0.2) is 9.84 Å². The fourth-order valence-electron chi connectivity index (χ4n) is 3.60.